The number of β-amino-alcohol motifs (C(OH)–C–C–N with tert-alkyl or cyclic N) is 1. The van der Waals surface area contributed by atoms with E-state index in [1.54, 1.807) is 4.68 Å². The zero-order chi connectivity index (χ0) is 34.1. The van der Waals surface area contributed by atoms with Gasteiger partial charge in [0.05, 0.1) is 41.5 Å². The number of likely N-dealkylation sites (tertiary alicyclic amines) is 1. The van der Waals surface area contributed by atoms with E-state index < -0.39 is 27.9 Å². The molecule has 1 saturated heterocycles. The molecule has 2 aliphatic heterocycles. The average Bonchev–Trinajstić information content (AvgIpc) is 3.31. The Morgan fingerprint density at radius 3 is 2.38 bits per heavy atom. The molecule has 4 heterocycles. The van der Waals surface area contributed by atoms with Gasteiger partial charge in [-0.2, -0.15) is 22.6 Å². The molecule has 0 saturated carbocycles. The number of nitrogens with zero attached hydrogens (tertiary/aromatic N) is 6. The van der Waals surface area contributed by atoms with Crippen LogP contribution in [0.2, 0.25) is 0 Å². The van der Waals surface area contributed by atoms with Crippen molar-refractivity contribution in [3.8, 4) is 11.3 Å². The summed E-state index contributed by atoms with van der Waals surface area (Å²) in [6.45, 7) is 6.85. The number of piperidine rings is 1. The third-order valence-corrected chi connectivity index (χ3v) is 10.4. The number of aliphatic hydroxyl groups is 1. The number of rotatable bonds is 9. The second kappa shape index (κ2) is 14.0. The predicted molar refractivity (Wildman–Crippen MR) is 178 cm³/mol. The number of aromatic nitrogens is 3. The molecular weight excluding hydrogens is 631 g/mol. The van der Waals surface area contributed by atoms with E-state index in [0.29, 0.717) is 54.9 Å². The SMILES string of the molecule is C=C(c1nc(N(C)C)ccc1N)C1CCN(CC(O)Cn2nc(-c3ccc(C(F)(F)F)cc3)c3c2CCCCN(S(C)(=O)=O)C3)CC1. The van der Waals surface area contributed by atoms with E-state index >= 15 is 0 Å². The molecule has 0 aliphatic carbocycles. The van der Waals surface area contributed by atoms with Crippen LogP contribution < -0.4 is 10.6 Å². The van der Waals surface area contributed by atoms with Crippen molar-refractivity contribution in [2.24, 2.45) is 5.92 Å². The van der Waals surface area contributed by atoms with Gasteiger partial charge in [0, 0.05) is 50.6 Å². The molecule has 0 amide bonds. The molecule has 3 N–H and O–H groups in total. The summed E-state index contributed by atoms with van der Waals surface area (Å²) in [4.78, 5) is 8.85. The van der Waals surface area contributed by atoms with E-state index in [1.165, 1.54) is 16.4 Å². The first-order valence-electron chi connectivity index (χ1n) is 15.9. The molecule has 1 unspecified atom stereocenters. The molecule has 3 aromatic rings. The van der Waals surface area contributed by atoms with Gasteiger partial charge in [-0.05, 0) is 81.0 Å². The van der Waals surface area contributed by atoms with Crippen LogP contribution in [-0.2, 0) is 35.7 Å². The molecule has 47 heavy (non-hydrogen) atoms. The summed E-state index contributed by atoms with van der Waals surface area (Å²) in [5, 5.41) is 16.0. The Bertz CT molecular complexity index is 1680. The molecule has 0 radical (unpaired) electrons. The van der Waals surface area contributed by atoms with E-state index in [2.05, 4.69) is 11.5 Å². The maximum absolute atomic E-state index is 13.3. The van der Waals surface area contributed by atoms with Gasteiger partial charge < -0.3 is 20.6 Å². The number of nitrogen functional groups attached to an aromatic ring is 1. The first-order valence-corrected chi connectivity index (χ1v) is 17.7. The maximum atomic E-state index is 13.3. The van der Waals surface area contributed by atoms with Crippen molar-refractivity contribution in [3.63, 3.8) is 0 Å². The van der Waals surface area contributed by atoms with Crippen molar-refractivity contribution in [1.82, 2.24) is 24.0 Å². The molecule has 1 aromatic carbocycles. The van der Waals surface area contributed by atoms with Crippen LogP contribution in [0.1, 0.15) is 48.2 Å². The van der Waals surface area contributed by atoms with E-state index in [4.69, 9.17) is 15.8 Å². The Labute approximate surface area is 274 Å². The second-order valence-corrected chi connectivity index (χ2v) is 14.8. The Hall–Kier alpha value is -3.46. The first kappa shape index (κ1) is 34.9. The smallest absolute Gasteiger partial charge is 0.397 e. The van der Waals surface area contributed by atoms with Crippen molar-refractivity contribution in [2.75, 3.05) is 57.2 Å². The minimum Gasteiger partial charge on any atom is -0.397 e. The van der Waals surface area contributed by atoms with Gasteiger partial charge in [0.15, 0.2) is 0 Å². The van der Waals surface area contributed by atoms with Crippen LogP contribution in [0, 0.1) is 5.92 Å². The van der Waals surface area contributed by atoms with Crippen LogP contribution in [-0.4, -0.2) is 90.1 Å². The van der Waals surface area contributed by atoms with Crippen LogP contribution in [0.5, 0.6) is 0 Å². The molecule has 2 aromatic heterocycles. The first-order chi connectivity index (χ1) is 22.1. The summed E-state index contributed by atoms with van der Waals surface area (Å²) < 4.78 is 68.1. The number of pyridine rings is 1. The number of allylic oxidation sites excluding steroid dienone is 1. The molecule has 10 nitrogen and oxygen atoms in total. The van der Waals surface area contributed by atoms with Gasteiger partial charge in [-0.15, -0.1) is 0 Å². The Kier molecular flexibility index (Phi) is 10.3. The minimum absolute atomic E-state index is 0.0643. The number of hydrogen-bond donors (Lipinski definition) is 2. The average molecular weight is 676 g/mol. The number of aliphatic hydroxyl groups excluding tert-OH is 1. The molecule has 5 rings (SSSR count). The number of alkyl halides is 3. The van der Waals surface area contributed by atoms with E-state index in [0.717, 1.165) is 67.1 Å². The van der Waals surface area contributed by atoms with Crippen molar-refractivity contribution in [3.05, 3.63) is 65.5 Å². The van der Waals surface area contributed by atoms with E-state index in [9.17, 15) is 26.7 Å². The summed E-state index contributed by atoms with van der Waals surface area (Å²) in [5.41, 5.74) is 10.1. The maximum Gasteiger partial charge on any atom is 0.416 e. The summed E-state index contributed by atoms with van der Waals surface area (Å²) >= 11 is 0. The van der Waals surface area contributed by atoms with Gasteiger partial charge in [-0.3, -0.25) is 4.68 Å². The Morgan fingerprint density at radius 1 is 1.09 bits per heavy atom. The highest BCUT2D eigenvalue weighted by atomic mass is 32.2. The topological polar surface area (TPSA) is 121 Å². The number of hydrogen-bond acceptors (Lipinski definition) is 8. The van der Waals surface area contributed by atoms with Gasteiger partial charge in [-0.25, -0.2) is 13.4 Å². The molecule has 256 valence electrons. The number of sulfonamides is 1. The van der Waals surface area contributed by atoms with Crippen LogP contribution in [0.4, 0.5) is 24.7 Å². The van der Waals surface area contributed by atoms with Crippen molar-refractivity contribution in [2.45, 2.75) is 57.5 Å². The molecule has 0 spiro atoms. The van der Waals surface area contributed by atoms with Gasteiger partial charge in [0.1, 0.15) is 5.82 Å². The Balaban J connectivity index is 1.31. The van der Waals surface area contributed by atoms with Gasteiger partial charge in [0.25, 0.3) is 0 Å². The lowest BCUT2D eigenvalue weighted by Gasteiger charge is -2.34. The van der Waals surface area contributed by atoms with Crippen LogP contribution >= 0.6 is 0 Å². The van der Waals surface area contributed by atoms with Crippen LogP contribution in [0.25, 0.3) is 16.8 Å². The zero-order valence-electron chi connectivity index (χ0n) is 27.2. The minimum atomic E-state index is -4.48. The number of fused-ring (bicyclic) bond motifs is 1. The van der Waals surface area contributed by atoms with Crippen LogP contribution in [0.15, 0.2) is 43.0 Å². The number of benzene rings is 1. The third-order valence-electron chi connectivity index (χ3n) is 9.13. The number of anilines is 2. The monoisotopic (exact) mass is 675 g/mol. The van der Waals surface area contributed by atoms with Crippen LogP contribution in [0.3, 0.4) is 0 Å². The summed E-state index contributed by atoms with van der Waals surface area (Å²) in [5.74, 6) is 1.03. The molecule has 1 fully saturated rings. The fraction of sp³-hybridized carbons (Fsp3) is 0.515. The van der Waals surface area contributed by atoms with Gasteiger partial charge in [0.2, 0.25) is 10.0 Å². The lowest BCUT2D eigenvalue weighted by atomic mass is 9.87. The highest BCUT2D eigenvalue weighted by molar-refractivity contribution is 7.88. The van der Waals surface area contributed by atoms with E-state index in [-0.39, 0.29) is 19.0 Å². The van der Waals surface area contributed by atoms with Crippen molar-refractivity contribution < 1.29 is 26.7 Å². The second-order valence-electron chi connectivity index (χ2n) is 12.8. The molecular formula is C33H44F3N7O3S. The highest BCUT2D eigenvalue weighted by Crippen LogP contribution is 2.35. The molecule has 14 heteroatoms. The number of nitrogens with two attached hydrogens (primary N) is 1. The van der Waals surface area contributed by atoms with Gasteiger partial charge in [-0.1, -0.05) is 18.7 Å². The van der Waals surface area contributed by atoms with Crippen molar-refractivity contribution in [1.29, 1.82) is 0 Å². The fourth-order valence-corrected chi connectivity index (χ4v) is 7.30. The van der Waals surface area contributed by atoms with E-state index in [1.807, 2.05) is 31.1 Å². The fourth-order valence-electron chi connectivity index (χ4n) is 6.48. The summed E-state index contributed by atoms with van der Waals surface area (Å²) in [6, 6.07) is 8.49. The largest absolute Gasteiger partial charge is 0.416 e. The predicted octanol–water partition coefficient (Wildman–Crippen LogP) is 4.50. The molecule has 2 aliphatic rings. The molecule has 0 bridgehead atoms. The number of halogens is 3. The lowest BCUT2D eigenvalue weighted by Crippen LogP contribution is -2.40. The summed E-state index contributed by atoms with van der Waals surface area (Å²) in [7, 11) is 0.324. The van der Waals surface area contributed by atoms with Gasteiger partial charge >= 0.3 is 6.18 Å². The standard InChI is InChI=1S/C33H44F3N7O3S/c1-22(31-28(37)12-13-30(38-31)40(2)3)23-14-17-41(18-15-23)19-26(44)20-43-29-7-5-6-16-42(47(4,45)46)21-27(29)32(39-43)24-8-10-25(11-9-24)33(34,35)36/h8-13,23,26,44H,1,5-7,14-21,37H2,2-4H3. The van der Waals surface area contributed by atoms with Crippen molar-refractivity contribution >= 4 is 27.1 Å². The lowest BCUT2D eigenvalue weighted by molar-refractivity contribution is -0.137. The summed E-state index contributed by atoms with van der Waals surface area (Å²) in [6.07, 6.45) is -0.418. The third kappa shape index (κ3) is 8.16. The quantitative estimate of drug-likeness (QED) is 0.341. The zero-order valence-corrected chi connectivity index (χ0v) is 28.0. The highest BCUT2D eigenvalue weighted by Gasteiger charge is 2.32. The molecule has 1 atom stereocenters. The Morgan fingerprint density at radius 2 is 1.77 bits per heavy atom. The normalized spacial score (nSPS) is 17.9.